The van der Waals surface area contributed by atoms with Gasteiger partial charge in [0.2, 0.25) is 0 Å². The van der Waals surface area contributed by atoms with E-state index in [1.54, 1.807) is 0 Å². The quantitative estimate of drug-likeness (QED) is 0.459. The molecule has 46 valence electrons. The lowest BCUT2D eigenvalue weighted by molar-refractivity contribution is 0.377. The maximum Gasteiger partial charge on any atom is 0.0579 e. The first-order chi connectivity index (χ1) is 4.47. The molecule has 0 aromatic rings. The second kappa shape index (κ2) is 2.40. The first-order valence-electron chi connectivity index (χ1n) is 4.15. The van der Waals surface area contributed by atoms with Crippen molar-refractivity contribution in [1.29, 1.82) is 0 Å². The van der Waals surface area contributed by atoms with Gasteiger partial charge in [0.15, 0.2) is 0 Å². The van der Waals surface area contributed by atoms with Gasteiger partial charge in [0.25, 0.3) is 0 Å². The standard InChI is InChI=1S/C7H12B2/c1-2-4-6(5-3-1)7-8-9-7/h6-7H,1-5H2. The Bertz CT molecular complexity index is 93.1. The molecule has 2 fully saturated rings. The van der Waals surface area contributed by atoms with Crippen molar-refractivity contribution in [1.82, 2.24) is 0 Å². The topological polar surface area (TPSA) is 0 Å². The molecule has 2 rings (SSSR count). The Morgan fingerprint density at radius 2 is 1.56 bits per heavy atom. The molecular formula is C7H12B2. The Balaban J connectivity index is 1.80. The van der Waals surface area contributed by atoms with Gasteiger partial charge in [0.1, 0.15) is 0 Å². The van der Waals surface area contributed by atoms with Crippen molar-refractivity contribution in [3.05, 3.63) is 0 Å². The van der Waals surface area contributed by atoms with E-state index in [-0.39, 0.29) is 0 Å². The number of hydrogen-bond donors (Lipinski definition) is 0. The molecule has 0 aromatic heterocycles. The highest BCUT2D eigenvalue weighted by Gasteiger charge is 2.32. The molecule has 2 radical (unpaired) electrons. The molecular weight excluding hydrogens is 106 g/mol. The van der Waals surface area contributed by atoms with Crippen molar-refractivity contribution < 1.29 is 0 Å². The lowest BCUT2D eigenvalue weighted by Gasteiger charge is -2.21. The third-order valence-corrected chi connectivity index (χ3v) is 2.61. The zero-order chi connectivity index (χ0) is 6.10. The normalized spacial score (nSPS) is 28.9. The highest BCUT2D eigenvalue weighted by molar-refractivity contribution is 7.22. The maximum atomic E-state index is 2.36. The van der Waals surface area contributed by atoms with Gasteiger partial charge in [-0.1, -0.05) is 38.0 Å². The SMILES string of the molecule is [B]1[B]C1C1CCCCC1. The minimum atomic E-state index is 0.935. The minimum absolute atomic E-state index is 0.935. The Labute approximate surface area is 58.9 Å². The molecule has 0 amide bonds. The molecule has 1 heterocycles. The summed E-state index contributed by atoms with van der Waals surface area (Å²) >= 11 is 0. The first-order valence-corrected chi connectivity index (χ1v) is 4.15. The van der Waals surface area contributed by atoms with Crippen LogP contribution in [0.5, 0.6) is 0 Å². The molecule has 0 bridgehead atoms. The van der Waals surface area contributed by atoms with Crippen LogP contribution >= 0.6 is 0 Å². The average molecular weight is 118 g/mol. The van der Waals surface area contributed by atoms with Crippen LogP contribution in [0.3, 0.4) is 0 Å². The van der Waals surface area contributed by atoms with Gasteiger partial charge in [-0.2, -0.15) is 0 Å². The third kappa shape index (κ3) is 1.33. The van der Waals surface area contributed by atoms with Gasteiger partial charge in [-0.05, 0) is 0 Å². The molecule has 0 N–H and O–H groups in total. The predicted octanol–water partition coefficient (Wildman–Crippen LogP) is 1.65. The van der Waals surface area contributed by atoms with Crippen molar-refractivity contribution in [3.8, 4) is 0 Å². The molecule has 0 spiro atoms. The summed E-state index contributed by atoms with van der Waals surface area (Å²) < 4.78 is 0. The predicted molar refractivity (Wildman–Crippen MR) is 41.8 cm³/mol. The van der Waals surface area contributed by atoms with E-state index in [1.165, 1.54) is 32.1 Å². The summed E-state index contributed by atoms with van der Waals surface area (Å²) in [5, 5.41) is 0. The zero-order valence-electron chi connectivity index (χ0n) is 5.84. The highest BCUT2D eigenvalue weighted by atomic mass is 14.2. The van der Waals surface area contributed by atoms with Gasteiger partial charge < -0.3 is 0 Å². The van der Waals surface area contributed by atoms with E-state index in [1.807, 2.05) is 0 Å². The van der Waals surface area contributed by atoms with Gasteiger partial charge in [-0.3, -0.25) is 0 Å². The Morgan fingerprint density at radius 1 is 0.889 bits per heavy atom. The van der Waals surface area contributed by atoms with Gasteiger partial charge in [-0.15, -0.1) is 5.72 Å². The largest absolute Gasteiger partial charge is 0.107 e. The van der Waals surface area contributed by atoms with Crippen molar-refractivity contribution >= 4 is 14.3 Å². The molecule has 0 aromatic carbocycles. The van der Waals surface area contributed by atoms with Crippen LogP contribution < -0.4 is 0 Å². The van der Waals surface area contributed by atoms with Crippen LogP contribution in [-0.4, -0.2) is 14.3 Å². The number of hydrogen-bond acceptors (Lipinski definition) is 0. The molecule has 1 saturated carbocycles. The lowest BCUT2D eigenvalue weighted by Crippen LogP contribution is -2.06. The van der Waals surface area contributed by atoms with Crippen LogP contribution in [0.25, 0.3) is 0 Å². The van der Waals surface area contributed by atoms with Crippen LogP contribution in [0.4, 0.5) is 0 Å². The van der Waals surface area contributed by atoms with Gasteiger partial charge >= 0.3 is 0 Å². The highest BCUT2D eigenvalue weighted by Crippen LogP contribution is 2.37. The Hall–Kier alpha value is 0.130. The van der Waals surface area contributed by atoms with E-state index in [2.05, 4.69) is 14.3 Å². The Kier molecular flexibility index (Phi) is 1.57. The third-order valence-electron chi connectivity index (χ3n) is 2.61. The fourth-order valence-corrected chi connectivity index (χ4v) is 1.90. The van der Waals surface area contributed by atoms with Crippen LogP contribution in [0, 0.1) is 5.92 Å². The average Bonchev–Trinajstić information content (AvgIpc) is 2.71. The molecule has 1 aliphatic carbocycles. The van der Waals surface area contributed by atoms with E-state index in [0.717, 1.165) is 11.6 Å². The van der Waals surface area contributed by atoms with Gasteiger partial charge in [0, 0.05) is 0 Å². The summed E-state index contributed by atoms with van der Waals surface area (Å²) in [5.74, 6) is 1.05. The van der Waals surface area contributed by atoms with Crippen molar-refractivity contribution in [3.63, 3.8) is 0 Å². The van der Waals surface area contributed by atoms with Crippen LogP contribution in [-0.2, 0) is 0 Å². The maximum absolute atomic E-state index is 2.36. The molecule has 1 saturated heterocycles. The second-order valence-electron chi connectivity index (χ2n) is 3.36. The second-order valence-corrected chi connectivity index (χ2v) is 3.36. The summed E-state index contributed by atoms with van der Waals surface area (Å²) in [7, 11) is 4.71. The fraction of sp³-hybridized carbons (Fsp3) is 1.00. The van der Waals surface area contributed by atoms with Crippen molar-refractivity contribution in [2.45, 2.75) is 37.8 Å². The van der Waals surface area contributed by atoms with Crippen LogP contribution in [0.15, 0.2) is 0 Å². The molecule has 1 aliphatic heterocycles. The summed E-state index contributed by atoms with van der Waals surface area (Å²) in [4.78, 5) is 0. The van der Waals surface area contributed by atoms with Crippen LogP contribution in [0.2, 0.25) is 5.72 Å². The number of rotatable bonds is 1. The minimum Gasteiger partial charge on any atom is -0.107 e. The molecule has 9 heavy (non-hydrogen) atoms. The molecule has 0 unspecified atom stereocenters. The van der Waals surface area contributed by atoms with E-state index in [9.17, 15) is 0 Å². The molecule has 0 nitrogen and oxygen atoms in total. The zero-order valence-corrected chi connectivity index (χ0v) is 5.84. The molecule has 0 atom stereocenters. The molecule has 2 heteroatoms. The molecule has 2 aliphatic rings. The lowest BCUT2D eigenvalue weighted by atomic mass is 9.80. The monoisotopic (exact) mass is 118 g/mol. The van der Waals surface area contributed by atoms with Gasteiger partial charge in [-0.25, -0.2) is 0 Å². The van der Waals surface area contributed by atoms with E-state index >= 15 is 0 Å². The summed E-state index contributed by atoms with van der Waals surface area (Å²) in [5.41, 5.74) is 0.935. The van der Waals surface area contributed by atoms with Gasteiger partial charge in [0.05, 0.1) is 14.3 Å². The first kappa shape index (κ1) is 5.88. The fourth-order valence-electron chi connectivity index (χ4n) is 1.90. The van der Waals surface area contributed by atoms with Crippen LogP contribution in [0.1, 0.15) is 32.1 Å². The van der Waals surface area contributed by atoms with E-state index in [0.29, 0.717) is 0 Å². The summed E-state index contributed by atoms with van der Waals surface area (Å²) in [6.45, 7) is 0. The summed E-state index contributed by atoms with van der Waals surface area (Å²) in [6.07, 6.45) is 7.46. The van der Waals surface area contributed by atoms with E-state index < -0.39 is 0 Å². The van der Waals surface area contributed by atoms with E-state index in [4.69, 9.17) is 0 Å². The summed E-state index contributed by atoms with van der Waals surface area (Å²) in [6, 6.07) is 0. The smallest absolute Gasteiger partial charge is 0.0579 e. The van der Waals surface area contributed by atoms with Crippen molar-refractivity contribution in [2.24, 2.45) is 5.92 Å². The Morgan fingerprint density at radius 3 is 2.11 bits per heavy atom. The van der Waals surface area contributed by atoms with Crippen molar-refractivity contribution in [2.75, 3.05) is 0 Å².